The van der Waals surface area contributed by atoms with Crippen molar-refractivity contribution in [2.45, 2.75) is 12.3 Å². The summed E-state index contributed by atoms with van der Waals surface area (Å²) in [4.78, 5) is 2.48. The molecular weight excluding hydrogens is 605 g/mol. The zero-order valence-corrected chi connectivity index (χ0v) is 27.6. The first-order chi connectivity index (χ1) is 24.8. The lowest BCUT2D eigenvalue weighted by Gasteiger charge is -2.26. The fraction of sp³-hybridized carbons (Fsp3) is 0.0417. The molecule has 0 radical (unpaired) electrons. The van der Waals surface area contributed by atoms with Gasteiger partial charge in [0.25, 0.3) is 0 Å². The first-order valence-electron chi connectivity index (χ1n) is 17.4. The Labute approximate surface area is 292 Å². The smallest absolute Gasteiger partial charge is 0.0541 e. The van der Waals surface area contributed by atoms with Gasteiger partial charge in [-0.15, -0.1) is 0 Å². The highest BCUT2D eigenvalue weighted by Gasteiger charge is 2.37. The monoisotopic (exact) mass is 638 g/mol. The van der Waals surface area contributed by atoms with Gasteiger partial charge in [0.1, 0.15) is 0 Å². The van der Waals surface area contributed by atoms with Crippen LogP contribution in [-0.4, -0.2) is 4.57 Å². The van der Waals surface area contributed by atoms with Crippen LogP contribution in [0.4, 0.5) is 11.4 Å². The van der Waals surface area contributed by atoms with Crippen LogP contribution in [0.1, 0.15) is 23.5 Å². The first-order valence-corrected chi connectivity index (χ1v) is 17.4. The summed E-state index contributed by atoms with van der Waals surface area (Å²) in [5, 5.41) is 2.57. The van der Waals surface area contributed by atoms with Gasteiger partial charge in [0.15, 0.2) is 0 Å². The average Bonchev–Trinajstić information content (AvgIpc) is 3.71. The third-order valence-electron chi connectivity index (χ3n) is 10.5. The van der Waals surface area contributed by atoms with Crippen LogP contribution in [-0.2, 0) is 0 Å². The molecule has 1 unspecified atom stereocenters. The van der Waals surface area contributed by atoms with Crippen LogP contribution in [0.15, 0.2) is 194 Å². The van der Waals surface area contributed by atoms with E-state index in [-0.39, 0.29) is 5.92 Å². The second-order valence-electron chi connectivity index (χ2n) is 13.3. The topological polar surface area (TPSA) is 8.17 Å². The molecule has 1 aliphatic heterocycles. The maximum atomic E-state index is 2.48. The lowest BCUT2D eigenvalue weighted by Crippen LogP contribution is -2.15. The van der Waals surface area contributed by atoms with Gasteiger partial charge in [-0.25, -0.2) is 0 Å². The minimum absolute atomic E-state index is 0.254. The van der Waals surface area contributed by atoms with E-state index in [1.807, 2.05) is 0 Å². The van der Waals surface area contributed by atoms with E-state index in [0.717, 1.165) is 6.42 Å². The van der Waals surface area contributed by atoms with Crippen molar-refractivity contribution in [1.29, 1.82) is 0 Å². The fourth-order valence-corrected chi connectivity index (χ4v) is 8.14. The van der Waals surface area contributed by atoms with Crippen LogP contribution in [0.3, 0.4) is 0 Å². The fourth-order valence-electron chi connectivity index (χ4n) is 8.14. The SMILES string of the molecule is C1=C(c2ccc3c(c2)c2ccccc2n3-c2ccccc2)CC2C(=C1)N(c1ccc(-c3ccccc3)cc1)c1ccc(-c3ccccc3)cc12. The van der Waals surface area contributed by atoms with Crippen LogP contribution in [0.2, 0.25) is 0 Å². The van der Waals surface area contributed by atoms with Crippen molar-refractivity contribution < 1.29 is 0 Å². The molecular formula is C48H34N2. The molecule has 2 aliphatic rings. The number of benzene rings is 7. The normalized spacial score (nSPS) is 15.1. The van der Waals surface area contributed by atoms with Crippen molar-refractivity contribution in [2.75, 3.05) is 4.90 Å². The van der Waals surface area contributed by atoms with Crippen molar-refractivity contribution in [3.05, 3.63) is 205 Å². The van der Waals surface area contributed by atoms with Gasteiger partial charge in [-0.05, 0) is 106 Å². The van der Waals surface area contributed by atoms with Crippen LogP contribution in [0, 0.1) is 0 Å². The second-order valence-corrected chi connectivity index (χ2v) is 13.3. The molecule has 0 saturated heterocycles. The molecule has 0 saturated carbocycles. The molecule has 2 heterocycles. The summed E-state index contributed by atoms with van der Waals surface area (Å²) in [5.41, 5.74) is 16.5. The molecule has 0 amide bonds. The maximum absolute atomic E-state index is 2.48. The number of rotatable bonds is 5. The summed E-state index contributed by atoms with van der Waals surface area (Å²) >= 11 is 0. The Morgan fingerprint density at radius 1 is 0.420 bits per heavy atom. The zero-order chi connectivity index (χ0) is 33.0. The number of para-hydroxylation sites is 2. The molecule has 0 N–H and O–H groups in total. The largest absolute Gasteiger partial charge is 0.313 e. The third kappa shape index (κ3) is 4.64. The minimum atomic E-state index is 0.254. The Balaban J connectivity index is 1.09. The predicted molar refractivity (Wildman–Crippen MR) is 210 cm³/mol. The van der Waals surface area contributed by atoms with E-state index in [1.54, 1.807) is 0 Å². The highest BCUT2D eigenvalue weighted by molar-refractivity contribution is 6.10. The van der Waals surface area contributed by atoms with Crippen LogP contribution >= 0.6 is 0 Å². The zero-order valence-electron chi connectivity index (χ0n) is 27.6. The van der Waals surface area contributed by atoms with E-state index in [2.05, 4.69) is 198 Å². The predicted octanol–water partition coefficient (Wildman–Crippen LogP) is 12.7. The van der Waals surface area contributed by atoms with Gasteiger partial charge in [-0.3, -0.25) is 0 Å². The van der Waals surface area contributed by atoms with E-state index in [9.17, 15) is 0 Å². The van der Waals surface area contributed by atoms with Gasteiger partial charge in [-0.2, -0.15) is 0 Å². The number of fused-ring (bicyclic) bond motifs is 6. The van der Waals surface area contributed by atoms with Gasteiger partial charge in [0.2, 0.25) is 0 Å². The molecule has 7 aromatic carbocycles. The lowest BCUT2D eigenvalue weighted by atomic mass is 9.84. The number of hydrogen-bond acceptors (Lipinski definition) is 1. The molecule has 0 bridgehead atoms. The van der Waals surface area contributed by atoms with Crippen LogP contribution < -0.4 is 4.90 Å². The van der Waals surface area contributed by atoms with E-state index in [0.29, 0.717) is 0 Å². The molecule has 0 spiro atoms. The van der Waals surface area contributed by atoms with Crippen molar-refractivity contribution in [3.8, 4) is 27.9 Å². The Morgan fingerprint density at radius 2 is 1.02 bits per heavy atom. The first kappa shape index (κ1) is 28.6. The molecule has 50 heavy (non-hydrogen) atoms. The highest BCUT2D eigenvalue weighted by atomic mass is 15.2. The molecule has 2 heteroatoms. The molecule has 10 rings (SSSR count). The Hall–Kier alpha value is -6.38. The quantitative estimate of drug-likeness (QED) is 0.182. The summed E-state index contributed by atoms with van der Waals surface area (Å²) in [5.74, 6) is 0.254. The van der Waals surface area contributed by atoms with Crippen LogP contribution in [0.25, 0.3) is 55.3 Å². The standard InChI is InChI=1S/C48H34N2/c1-4-12-33(13-5-1)35-20-25-40(26-21-35)50-47-27-22-36(34-14-6-2-7-15-34)30-43(47)44-32-38(24-29-48(44)50)37-23-28-46-42(31-37)41-18-10-11-19-45(41)49(46)39-16-8-3-9-17-39/h1-31,44H,32H2. The molecule has 8 aromatic rings. The Bertz CT molecular complexity index is 2590. The van der Waals surface area contributed by atoms with E-state index >= 15 is 0 Å². The average molecular weight is 639 g/mol. The molecule has 1 aliphatic carbocycles. The summed E-state index contributed by atoms with van der Waals surface area (Å²) < 4.78 is 2.39. The van der Waals surface area contributed by atoms with Gasteiger partial charge in [0.05, 0.1) is 11.0 Å². The molecule has 1 aromatic heterocycles. The van der Waals surface area contributed by atoms with E-state index in [1.165, 1.54) is 83.5 Å². The molecule has 236 valence electrons. The summed E-state index contributed by atoms with van der Waals surface area (Å²) in [7, 11) is 0. The molecule has 0 fully saturated rings. The van der Waals surface area contributed by atoms with Gasteiger partial charge in [0, 0.05) is 39.4 Å². The number of hydrogen-bond donors (Lipinski definition) is 0. The number of anilines is 2. The van der Waals surface area contributed by atoms with Gasteiger partial charge in [-0.1, -0.05) is 127 Å². The molecule has 1 atom stereocenters. The van der Waals surface area contributed by atoms with Crippen molar-refractivity contribution in [2.24, 2.45) is 0 Å². The Morgan fingerprint density at radius 3 is 1.78 bits per heavy atom. The summed E-state index contributed by atoms with van der Waals surface area (Å²) in [6, 6.07) is 64.0. The lowest BCUT2D eigenvalue weighted by molar-refractivity contribution is 0.832. The second kappa shape index (κ2) is 11.6. The van der Waals surface area contributed by atoms with Crippen LogP contribution in [0.5, 0.6) is 0 Å². The highest BCUT2D eigenvalue weighted by Crippen LogP contribution is 2.54. The number of aromatic nitrogens is 1. The van der Waals surface area contributed by atoms with E-state index < -0.39 is 0 Å². The molecule has 2 nitrogen and oxygen atoms in total. The third-order valence-corrected chi connectivity index (χ3v) is 10.5. The number of allylic oxidation sites excluding steroid dienone is 4. The van der Waals surface area contributed by atoms with Gasteiger partial charge >= 0.3 is 0 Å². The van der Waals surface area contributed by atoms with Crippen molar-refractivity contribution >= 4 is 38.8 Å². The number of nitrogens with zero attached hydrogens (tertiary/aromatic N) is 2. The van der Waals surface area contributed by atoms with E-state index in [4.69, 9.17) is 0 Å². The summed E-state index contributed by atoms with van der Waals surface area (Å²) in [6.07, 6.45) is 5.67. The minimum Gasteiger partial charge on any atom is -0.313 e. The summed E-state index contributed by atoms with van der Waals surface area (Å²) in [6.45, 7) is 0. The van der Waals surface area contributed by atoms with Crippen molar-refractivity contribution in [3.63, 3.8) is 0 Å². The maximum Gasteiger partial charge on any atom is 0.0541 e. The van der Waals surface area contributed by atoms with Gasteiger partial charge < -0.3 is 9.47 Å². The Kier molecular flexibility index (Phi) is 6.67. The van der Waals surface area contributed by atoms with Crippen molar-refractivity contribution in [1.82, 2.24) is 4.57 Å².